The van der Waals surface area contributed by atoms with Crippen molar-refractivity contribution >= 4 is 17.5 Å². The molecule has 1 aliphatic heterocycles. The van der Waals surface area contributed by atoms with Crippen molar-refractivity contribution in [3.63, 3.8) is 0 Å². The minimum atomic E-state index is -0.665. The molecule has 1 aliphatic rings. The lowest BCUT2D eigenvalue weighted by Gasteiger charge is -2.27. The summed E-state index contributed by atoms with van der Waals surface area (Å²) in [5.41, 5.74) is 1.83. The summed E-state index contributed by atoms with van der Waals surface area (Å²) in [4.78, 5) is 27.5. The van der Waals surface area contributed by atoms with Gasteiger partial charge in [-0.3, -0.25) is 9.59 Å². The van der Waals surface area contributed by atoms with Crippen LogP contribution in [0, 0.1) is 0 Å². The van der Waals surface area contributed by atoms with Gasteiger partial charge in [0.15, 0.2) is 6.10 Å². The predicted molar refractivity (Wildman–Crippen MR) is 117 cm³/mol. The number of likely N-dealkylation sites (tertiary alicyclic amines) is 1. The third kappa shape index (κ3) is 5.12. The van der Waals surface area contributed by atoms with Crippen LogP contribution in [0.3, 0.4) is 0 Å². The van der Waals surface area contributed by atoms with Crippen molar-refractivity contribution in [3.8, 4) is 11.5 Å². The van der Waals surface area contributed by atoms with Crippen LogP contribution in [0.1, 0.15) is 45.1 Å². The highest BCUT2D eigenvalue weighted by atomic mass is 16.5. The average Bonchev–Trinajstić information content (AvgIpc) is 3.24. The molecule has 0 aromatic heterocycles. The molecule has 0 aliphatic carbocycles. The van der Waals surface area contributed by atoms with E-state index in [4.69, 9.17) is 9.47 Å². The molecule has 1 N–H and O–H groups in total. The Morgan fingerprint density at radius 2 is 1.80 bits per heavy atom. The topological polar surface area (TPSA) is 67.9 Å². The molecule has 6 heteroatoms. The normalized spacial score (nSPS) is 17.0. The van der Waals surface area contributed by atoms with E-state index in [1.54, 1.807) is 43.2 Å². The van der Waals surface area contributed by atoms with E-state index < -0.39 is 12.1 Å². The lowest BCUT2D eigenvalue weighted by Crippen LogP contribution is -2.47. The highest BCUT2D eigenvalue weighted by Gasteiger charge is 2.36. The van der Waals surface area contributed by atoms with E-state index in [9.17, 15) is 9.59 Å². The largest absolute Gasteiger partial charge is 0.497 e. The van der Waals surface area contributed by atoms with Crippen LogP contribution in [-0.2, 0) is 9.59 Å². The lowest BCUT2D eigenvalue weighted by atomic mass is 10.0. The molecular weight excluding hydrogens is 380 g/mol. The van der Waals surface area contributed by atoms with Gasteiger partial charge in [-0.25, -0.2) is 0 Å². The Kier molecular flexibility index (Phi) is 6.98. The number of benzene rings is 2. The van der Waals surface area contributed by atoms with Crippen LogP contribution in [0.25, 0.3) is 0 Å². The van der Waals surface area contributed by atoms with E-state index in [-0.39, 0.29) is 11.8 Å². The van der Waals surface area contributed by atoms with E-state index in [0.717, 1.165) is 17.7 Å². The number of carbonyl (C=O) groups is 2. The average molecular weight is 411 g/mol. The predicted octanol–water partition coefficient (Wildman–Crippen LogP) is 4.22. The first-order valence-electron chi connectivity index (χ1n) is 10.4. The number of methoxy groups -OCH3 is 1. The van der Waals surface area contributed by atoms with Gasteiger partial charge in [-0.05, 0) is 67.6 Å². The van der Waals surface area contributed by atoms with Gasteiger partial charge in [0.2, 0.25) is 5.91 Å². The van der Waals surface area contributed by atoms with Gasteiger partial charge in [-0.1, -0.05) is 26.0 Å². The minimum absolute atomic E-state index is 0.169. The molecule has 2 aromatic rings. The lowest BCUT2D eigenvalue weighted by molar-refractivity contribution is -0.142. The van der Waals surface area contributed by atoms with Gasteiger partial charge in [0.1, 0.15) is 17.5 Å². The van der Waals surface area contributed by atoms with Crippen molar-refractivity contribution in [2.45, 2.75) is 51.7 Å². The summed E-state index contributed by atoms with van der Waals surface area (Å²) in [6.45, 7) is 6.52. The van der Waals surface area contributed by atoms with Crippen LogP contribution in [-0.4, -0.2) is 42.5 Å². The fraction of sp³-hybridized carbons (Fsp3) is 0.417. The maximum atomic E-state index is 13.0. The van der Waals surface area contributed by atoms with Crippen molar-refractivity contribution in [3.05, 3.63) is 54.1 Å². The van der Waals surface area contributed by atoms with E-state index >= 15 is 0 Å². The molecule has 1 saturated heterocycles. The van der Waals surface area contributed by atoms with Crippen molar-refractivity contribution in [1.29, 1.82) is 0 Å². The molecule has 0 bridgehead atoms. The van der Waals surface area contributed by atoms with Crippen molar-refractivity contribution in [1.82, 2.24) is 4.90 Å². The molecule has 3 rings (SSSR count). The fourth-order valence-corrected chi connectivity index (χ4v) is 3.64. The number of nitrogens with zero attached hydrogens (tertiary/aromatic N) is 1. The fourth-order valence-electron chi connectivity index (χ4n) is 3.64. The first kappa shape index (κ1) is 21.7. The van der Waals surface area contributed by atoms with Crippen LogP contribution in [0.5, 0.6) is 11.5 Å². The summed E-state index contributed by atoms with van der Waals surface area (Å²) < 4.78 is 11.1. The third-order valence-electron chi connectivity index (χ3n) is 5.38. The van der Waals surface area contributed by atoms with E-state index in [2.05, 4.69) is 19.2 Å². The number of anilines is 1. The first-order valence-corrected chi connectivity index (χ1v) is 10.4. The monoisotopic (exact) mass is 410 g/mol. The Balaban J connectivity index is 1.64. The highest BCUT2D eigenvalue weighted by Crippen LogP contribution is 2.24. The number of rotatable bonds is 7. The summed E-state index contributed by atoms with van der Waals surface area (Å²) in [5.74, 6) is 1.42. The van der Waals surface area contributed by atoms with Crippen LogP contribution in [0.2, 0.25) is 0 Å². The molecule has 2 aromatic carbocycles. The van der Waals surface area contributed by atoms with Gasteiger partial charge in [-0.2, -0.15) is 0 Å². The maximum absolute atomic E-state index is 13.0. The molecule has 2 amide bonds. The number of nitrogens with one attached hydrogen (secondary N) is 1. The number of hydrogen-bond acceptors (Lipinski definition) is 4. The second-order valence-electron chi connectivity index (χ2n) is 7.89. The van der Waals surface area contributed by atoms with E-state index in [1.165, 1.54) is 0 Å². The van der Waals surface area contributed by atoms with Gasteiger partial charge in [-0.15, -0.1) is 0 Å². The smallest absolute Gasteiger partial charge is 0.264 e. The highest BCUT2D eigenvalue weighted by molar-refractivity contribution is 5.98. The second-order valence-corrected chi connectivity index (χ2v) is 7.89. The Labute approximate surface area is 178 Å². The molecule has 6 nitrogen and oxygen atoms in total. The van der Waals surface area contributed by atoms with Crippen LogP contribution in [0.15, 0.2) is 48.5 Å². The van der Waals surface area contributed by atoms with Crippen molar-refractivity contribution < 1.29 is 19.1 Å². The zero-order valence-corrected chi connectivity index (χ0v) is 18.1. The van der Waals surface area contributed by atoms with Gasteiger partial charge in [0, 0.05) is 12.2 Å². The zero-order chi connectivity index (χ0) is 21.7. The standard InChI is InChI=1S/C24H30N2O4/c1-16(2)18-7-5-8-21(15-18)30-17(3)24(28)26-14-6-9-22(26)23(27)25-19-10-12-20(29-4)13-11-19/h5,7-8,10-13,15-17,22H,6,9,14H2,1-4H3,(H,25,27). The zero-order valence-electron chi connectivity index (χ0n) is 18.1. The summed E-state index contributed by atoms with van der Waals surface area (Å²) in [5, 5.41) is 2.90. The summed E-state index contributed by atoms with van der Waals surface area (Å²) in [6.07, 6.45) is 0.771. The molecule has 2 atom stereocenters. The van der Waals surface area contributed by atoms with Gasteiger partial charge < -0.3 is 19.7 Å². The number of carbonyl (C=O) groups excluding carboxylic acids is 2. The molecule has 2 unspecified atom stereocenters. The van der Waals surface area contributed by atoms with Crippen LogP contribution >= 0.6 is 0 Å². The Hall–Kier alpha value is -3.02. The van der Waals surface area contributed by atoms with Gasteiger partial charge in [0.25, 0.3) is 5.91 Å². The van der Waals surface area contributed by atoms with Crippen molar-refractivity contribution in [2.24, 2.45) is 0 Å². The van der Waals surface area contributed by atoms with E-state index in [1.807, 2.05) is 24.3 Å². The molecule has 30 heavy (non-hydrogen) atoms. The molecule has 0 radical (unpaired) electrons. The molecule has 1 heterocycles. The molecular formula is C24H30N2O4. The van der Waals surface area contributed by atoms with Gasteiger partial charge >= 0.3 is 0 Å². The maximum Gasteiger partial charge on any atom is 0.264 e. The second kappa shape index (κ2) is 9.65. The summed E-state index contributed by atoms with van der Waals surface area (Å²) in [6, 6.07) is 14.4. The Morgan fingerprint density at radius 3 is 2.47 bits per heavy atom. The Bertz CT molecular complexity index is 879. The summed E-state index contributed by atoms with van der Waals surface area (Å²) >= 11 is 0. The molecule has 1 fully saturated rings. The van der Waals surface area contributed by atoms with Crippen molar-refractivity contribution in [2.75, 3.05) is 19.0 Å². The SMILES string of the molecule is COc1ccc(NC(=O)C2CCCN2C(=O)C(C)Oc2cccc(C(C)C)c2)cc1. The van der Waals surface area contributed by atoms with E-state index in [0.29, 0.717) is 30.3 Å². The molecule has 0 spiro atoms. The quantitative estimate of drug-likeness (QED) is 0.742. The molecule has 0 saturated carbocycles. The van der Waals surface area contributed by atoms with Crippen LogP contribution < -0.4 is 14.8 Å². The third-order valence-corrected chi connectivity index (χ3v) is 5.38. The Morgan fingerprint density at radius 1 is 1.07 bits per heavy atom. The van der Waals surface area contributed by atoms with Gasteiger partial charge in [0.05, 0.1) is 7.11 Å². The number of ether oxygens (including phenoxy) is 2. The number of hydrogen-bond donors (Lipinski definition) is 1. The number of amides is 2. The summed E-state index contributed by atoms with van der Waals surface area (Å²) in [7, 11) is 1.60. The molecule has 160 valence electrons. The first-order chi connectivity index (χ1) is 14.4. The van der Waals surface area contributed by atoms with Crippen LogP contribution in [0.4, 0.5) is 5.69 Å². The minimum Gasteiger partial charge on any atom is -0.497 e.